The van der Waals surface area contributed by atoms with Gasteiger partial charge in [-0.2, -0.15) is 4.98 Å². The van der Waals surface area contributed by atoms with Gasteiger partial charge in [0.05, 0.1) is 23.7 Å². The normalized spacial score (nSPS) is 21.0. The van der Waals surface area contributed by atoms with Crippen LogP contribution >= 0.6 is 0 Å². The summed E-state index contributed by atoms with van der Waals surface area (Å²) in [6.45, 7) is 3.58. The first-order chi connectivity index (χ1) is 9.92. The molecule has 1 aliphatic rings. The van der Waals surface area contributed by atoms with E-state index >= 15 is 0 Å². The monoisotopic (exact) mass is 287 g/mol. The first-order valence-corrected chi connectivity index (χ1v) is 6.62. The molecule has 0 fully saturated rings. The second-order valence-corrected chi connectivity index (χ2v) is 5.27. The molecule has 1 amide bonds. The minimum absolute atomic E-state index is 0.0982. The number of hydrogen-bond donors (Lipinski definition) is 0. The van der Waals surface area contributed by atoms with Gasteiger partial charge >= 0.3 is 0 Å². The molecule has 0 N–H and O–H groups in total. The number of fused-ring (bicyclic) bond motifs is 2. The molecule has 0 spiro atoms. The van der Waals surface area contributed by atoms with Crippen molar-refractivity contribution in [1.82, 2.24) is 9.97 Å². The molecule has 0 aliphatic carbocycles. The Hall–Kier alpha value is -2.21. The standard InChI is InChI=1S/C15H17N3O3/c1-8-16-11-7-10-12(6-9(11)13(17-8)20-4)18(3)14(19)15(10,2)21-5/h6-7H,1-5H3/t15-/m1/s1. The zero-order chi connectivity index (χ0) is 15.4. The number of carbonyl (C=O) groups is 1. The Morgan fingerprint density at radius 1 is 1.24 bits per heavy atom. The first-order valence-electron chi connectivity index (χ1n) is 6.62. The van der Waals surface area contributed by atoms with E-state index in [0.29, 0.717) is 11.7 Å². The van der Waals surface area contributed by atoms with Crippen LogP contribution in [0.1, 0.15) is 18.3 Å². The van der Waals surface area contributed by atoms with Crippen LogP contribution in [0.3, 0.4) is 0 Å². The largest absolute Gasteiger partial charge is 0.480 e. The second kappa shape index (κ2) is 4.39. The highest BCUT2D eigenvalue weighted by Gasteiger charge is 2.46. The SMILES string of the molecule is COc1nc(C)nc2cc3c(cc12)N(C)C(=O)[C@]3(C)OC. The Bertz CT molecular complexity index is 759. The molecule has 6 nitrogen and oxygen atoms in total. The number of aryl methyl sites for hydroxylation is 1. The maximum atomic E-state index is 12.4. The number of likely N-dealkylation sites (N-methyl/N-ethyl adjacent to an activating group) is 1. The third kappa shape index (κ3) is 1.72. The van der Waals surface area contributed by atoms with Gasteiger partial charge in [0.25, 0.3) is 5.91 Å². The molecule has 1 aliphatic heterocycles. The Labute approximate surface area is 122 Å². The summed E-state index contributed by atoms with van der Waals surface area (Å²) >= 11 is 0. The molecule has 0 radical (unpaired) electrons. The highest BCUT2D eigenvalue weighted by Crippen LogP contribution is 2.44. The lowest BCUT2D eigenvalue weighted by molar-refractivity contribution is -0.137. The van der Waals surface area contributed by atoms with Crippen molar-refractivity contribution in [3.05, 3.63) is 23.5 Å². The van der Waals surface area contributed by atoms with Gasteiger partial charge in [-0.3, -0.25) is 4.79 Å². The Balaban J connectivity index is 2.37. The average Bonchev–Trinajstić information content (AvgIpc) is 2.67. The zero-order valence-corrected chi connectivity index (χ0v) is 12.7. The highest BCUT2D eigenvalue weighted by molar-refractivity contribution is 6.09. The molecule has 110 valence electrons. The molecule has 0 saturated carbocycles. The van der Waals surface area contributed by atoms with Crippen molar-refractivity contribution in [2.24, 2.45) is 0 Å². The lowest BCUT2D eigenvalue weighted by Gasteiger charge is -2.21. The van der Waals surface area contributed by atoms with E-state index in [0.717, 1.165) is 22.2 Å². The van der Waals surface area contributed by atoms with Gasteiger partial charge in [0, 0.05) is 19.7 Å². The van der Waals surface area contributed by atoms with E-state index in [1.54, 1.807) is 26.0 Å². The van der Waals surface area contributed by atoms with E-state index in [1.807, 2.05) is 19.1 Å². The molecule has 2 aromatic rings. The summed E-state index contributed by atoms with van der Waals surface area (Å²) in [5.41, 5.74) is 1.36. The highest BCUT2D eigenvalue weighted by atomic mass is 16.5. The van der Waals surface area contributed by atoms with Crippen molar-refractivity contribution < 1.29 is 14.3 Å². The molecule has 3 rings (SSSR count). The molecular weight excluding hydrogens is 270 g/mol. The third-order valence-electron chi connectivity index (χ3n) is 4.08. The van der Waals surface area contributed by atoms with E-state index in [2.05, 4.69) is 9.97 Å². The van der Waals surface area contributed by atoms with Gasteiger partial charge in [-0.25, -0.2) is 4.98 Å². The van der Waals surface area contributed by atoms with Crippen molar-refractivity contribution in [1.29, 1.82) is 0 Å². The summed E-state index contributed by atoms with van der Waals surface area (Å²) < 4.78 is 10.8. The van der Waals surface area contributed by atoms with Gasteiger partial charge in [0.15, 0.2) is 5.60 Å². The van der Waals surface area contributed by atoms with Crippen LogP contribution in [0, 0.1) is 6.92 Å². The fourth-order valence-corrected chi connectivity index (χ4v) is 2.80. The maximum absolute atomic E-state index is 12.4. The Morgan fingerprint density at radius 3 is 2.57 bits per heavy atom. The van der Waals surface area contributed by atoms with Crippen LogP contribution in [0.15, 0.2) is 12.1 Å². The van der Waals surface area contributed by atoms with Crippen LogP contribution in [0.25, 0.3) is 10.9 Å². The maximum Gasteiger partial charge on any atom is 0.263 e. The van der Waals surface area contributed by atoms with Crippen LogP contribution in [0.4, 0.5) is 5.69 Å². The quantitative estimate of drug-likeness (QED) is 0.842. The summed E-state index contributed by atoms with van der Waals surface area (Å²) in [6.07, 6.45) is 0. The van der Waals surface area contributed by atoms with E-state index in [1.165, 1.54) is 7.11 Å². The summed E-state index contributed by atoms with van der Waals surface area (Å²) in [5, 5.41) is 0.779. The Kier molecular flexibility index (Phi) is 2.88. The van der Waals surface area contributed by atoms with E-state index in [4.69, 9.17) is 9.47 Å². The van der Waals surface area contributed by atoms with Gasteiger partial charge in [-0.05, 0) is 26.0 Å². The van der Waals surface area contributed by atoms with Crippen LogP contribution in [-0.4, -0.2) is 37.1 Å². The van der Waals surface area contributed by atoms with E-state index < -0.39 is 5.60 Å². The second-order valence-electron chi connectivity index (χ2n) is 5.27. The fourth-order valence-electron chi connectivity index (χ4n) is 2.80. The topological polar surface area (TPSA) is 64.6 Å². The summed E-state index contributed by atoms with van der Waals surface area (Å²) in [6, 6.07) is 3.76. The number of amides is 1. The third-order valence-corrected chi connectivity index (χ3v) is 4.08. The van der Waals surface area contributed by atoms with E-state index in [-0.39, 0.29) is 5.91 Å². The minimum Gasteiger partial charge on any atom is -0.480 e. The van der Waals surface area contributed by atoms with Crippen molar-refractivity contribution in [2.75, 3.05) is 26.2 Å². The minimum atomic E-state index is -0.982. The van der Waals surface area contributed by atoms with Gasteiger partial charge in [0.2, 0.25) is 5.88 Å². The number of aromatic nitrogens is 2. The number of anilines is 1. The number of benzene rings is 1. The number of hydrogen-bond acceptors (Lipinski definition) is 5. The lowest BCUT2D eigenvalue weighted by atomic mass is 9.96. The van der Waals surface area contributed by atoms with Gasteiger partial charge < -0.3 is 14.4 Å². The van der Waals surface area contributed by atoms with Crippen LogP contribution < -0.4 is 9.64 Å². The summed E-state index contributed by atoms with van der Waals surface area (Å²) in [7, 11) is 4.85. The molecular formula is C15H17N3O3. The number of rotatable bonds is 2. The van der Waals surface area contributed by atoms with E-state index in [9.17, 15) is 4.79 Å². The smallest absolute Gasteiger partial charge is 0.263 e. The van der Waals surface area contributed by atoms with Crippen LogP contribution in [0.2, 0.25) is 0 Å². The molecule has 2 heterocycles. The van der Waals surface area contributed by atoms with Crippen LogP contribution in [0.5, 0.6) is 5.88 Å². The van der Waals surface area contributed by atoms with Crippen molar-refractivity contribution in [2.45, 2.75) is 19.4 Å². The van der Waals surface area contributed by atoms with Gasteiger partial charge in [-0.15, -0.1) is 0 Å². The molecule has 21 heavy (non-hydrogen) atoms. The van der Waals surface area contributed by atoms with Gasteiger partial charge in [0.1, 0.15) is 5.82 Å². The van der Waals surface area contributed by atoms with Crippen molar-refractivity contribution in [3.63, 3.8) is 0 Å². The van der Waals surface area contributed by atoms with Crippen molar-refractivity contribution in [3.8, 4) is 5.88 Å². The molecule has 1 aromatic heterocycles. The van der Waals surface area contributed by atoms with Gasteiger partial charge in [-0.1, -0.05) is 0 Å². The Morgan fingerprint density at radius 2 is 1.95 bits per heavy atom. The lowest BCUT2D eigenvalue weighted by Crippen LogP contribution is -2.37. The molecule has 0 bridgehead atoms. The zero-order valence-electron chi connectivity index (χ0n) is 12.7. The molecule has 0 saturated heterocycles. The predicted molar refractivity (Wildman–Crippen MR) is 78.6 cm³/mol. The molecule has 6 heteroatoms. The van der Waals surface area contributed by atoms with Crippen molar-refractivity contribution >= 4 is 22.5 Å². The number of methoxy groups -OCH3 is 2. The van der Waals surface area contributed by atoms with Crippen LogP contribution in [-0.2, 0) is 15.1 Å². The number of carbonyl (C=O) groups excluding carboxylic acids is 1. The summed E-state index contributed by atoms with van der Waals surface area (Å²) in [5.74, 6) is 1.03. The summed E-state index contributed by atoms with van der Waals surface area (Å²) in [4.78, 5) is 22.8. The number of ether oxygens (including phenoxy) is 2. The fraction of sp³-hybridized carbons (Fsp3) is 0.400. The average molecular weight is 287 g/mol. The number of nitrogens with zero attached hydrogens (tertiary/aromatic N) is 3. The molecule has 1 aromatic carbocycles. The first kappa shape index (κ1) is 13.8. The molecule has 1 atom stereocenters. The predicted octanol–water partition coefficient (Wildman–Crippen LogP) is 1.78. The molecule has 0 unspecified atom stereocenters.